The predicted molar refractivity (Wildman–Crippen MR) is 101 cm³/mol. The van der Waals surface area contributed by atoms with Crippen molar-refractivity contribution in [2.24, 2.45) is 0 Å². The minimum absolute atomic E-state index is 0.0869. The Kier molecular flexibility index (Phi) is 5.45. The Bertz CT molecular complexity index is 766. The Morgan fingerprint density at radius 2 is 1.88 bits per heavy atom. The molecular formula is C21H24ClNO2. The van der Waals surface area contributed by atoms with Crippen molar-refractivity contribution in [1.82, 2.24) is 5.32 Å². The summed E-state index contributed by atoms with van der Waals surface area (Å²) < 4.78 is 5.58. The molecule has 0 saturated carbocycles. The second-order valence-corrected chi connectivity index (χ2v) is 7.28. The number of ether oxygens (including phenoxy) is 1. The summed E-state index contributed by atoms with van der Waals surface area (Å²) in [5, 5.41) is 3.61. The number of carbonyl (C=O) groups excluding carboxylic acids is 1. The fourth-order valence-corrected chi connectivity index (χ4v) is 3.94. The summed E-state index contributed by atoms with van der Waals surface area (Å²) in [6.07, 6.45) is 1.81. The minimum Gasteiger partial charge on any atom is -0.381 e. The molecule has 1 aliphatic heterocycles. The molecule has 1 aliphatic rings. The van der Waals surface area contributed by atoms with Crippen LogP contribution in [0.3, 0.4) is 0 Å². The number of rotatable bonds is 4. The molecule has 1 fully saturated rings. The molecule has 0 aliphatic carbocycles. The van der Waals surface area contributed by atoms with Crippen LogP contribution < -0.4 is 5.32 Å². The Morgan fingerprint density at radius 1 is 1.16 bits per heavy atom. The van der Waals surface area contributed by atoms with Gasteiger partial charge in [-0.3, -0.25) is 4.79 Å². The highest BCUT2D eigenvalue weighted by molar-refractivity contribution is 6.33. The number of hydrogen-bond acceptors (Lipinski definition) is 2. The van der Waals surface area contributed by atoms with Crippen LogP contribution >= 0.6 is 11.6 Å². The first kappa shape index (κ1) is 18.0. The molecule has 0 radical (unpaired) electrons. The van der Waals surface area contributed by atoms with Crippen LogP contribution in [-0.4, -0.2) is 25.7 Å². The number of halogens is 1. The molecule has 1 saturated heterocycles. The molecule has 132 valence electrons. The van der Waals surface area contributed by atoms with Gasteiger partial charge < -0.3 is 10.1 Å². The topological polar surface area (TPSA) is 38.3 Å². The Morgan fingerprint density at radius 3 is 2.56 bits per heavy atom. The highest BCUT2D eigenvalue weighted by Crippen LogP contribution is 2.36. The van der Waals surface area contributed by atoms with Gasteiger partial charge in [-0.1, -0.05) is 41.9 Å². The molecule has 1 N–H and O–H groups in total. The van der Waals surface area contributed by atoms with E-state index in [4.69, 9.17) is 16.3 Å². The molecule has 0 bridgehead atoms. The highest BCUT2D eigenvalue weighted by Gasteiger charge is 2.36. The maximum atomic E-state index is 12.7. The van der Waals surface area contributed by atoms with Gasteiger partial charge in [-0.25, -0.2) is 0 Å². The molecule has 0 spiro atoms. The van der Waals surface area contributed by atoms with Gasteiger partial charge in [0.25, 0.3) is 5.91 Å². The lowest BCUT2D eigenvalue weighted by molar-refractivity contribution is 0.0485. The number of amides is 1. The first-order chi connectivity index (χ1) is 12.0. The van der Waals surface area contributed by atoms with Crippen molar-refractivity contribution in [3.05, 3.63) is 69.7 Å². The molecule has 1 heterocycles. The van der Waals surface area contributed by atoms with Crippen molar-refractivity contribution in [3.63, 3.8) is 0 Å². The normalized spacial score (nSPS) is 16.4. The molecule has 2 aromatic rings. The van der Waals surface area contributed by atoms with E-state index in [9.17, 15) is 4.79 Å². The maximum absolute atomic E-state index is 12.7. The lowest BCUT2D eigenvalue weighted by Gasteiger charge is -2.39. The third kappa shape index (κ3) is 3.88. The van der Waals surface area contributed by atoms with Gasteiger partial charge in [-0.05, 0) is 55.5 Å². The summed E-state index contributed by atoms with van der Waals surface area (Å²) >= 11 is 6.24. The van der Waals surface area contributed by atoms with Crippen LogP contribution in [0.15, 0.2) is 42.5 Å². The van der Waals surface area contributed by atoms with Gasteiger partial charge in [0.2, 0.25) is 0 Å². The number of aryl methyl sites for hydroxylation is 2. The second kappa shape index (κ2) is 7.59. The van der Waals surface area contributed by atoms with E-state index in [-0.39, 0.29) is 11.3 Å². The molecule has 25 heavy (non-hydrogen) atoms. The van der Waals surface area contributed by atoms with E-state index in [2.05, 4.69) is 36.5 Å². The average molecular weight is 358 g/mol. The third-order valence-corrected chi connectivity index (χ3v) is 5.44. The highest BCUT2D eigenvalue weighted by atomic mass is 35.5. The van der Waals surface area contributed by atoms with Crippen molar-refractivity contribution in [2.75, 3.05) is 19.8 Å². The van der Waals surface area contributed by atoms with E-state index in [0.29, 0.717) is 17.1 Å². The number of carbonyl (C=O) groups is 1. The van der Waals surface area contributed by atoms with Gasteiger partial charge in [-0.15, -0.1) is 0 Å². The first-order valence-corrected chi connectivity index (χ1v) is 9.08. The molecule has 3 rings (SSSR count). The lowest BCUT2D eigenvalue weighted by Crippen LogP contribution is -2.45. The first-order valence-electron chi connectivity index (χ1n) is 8.70. The maximum Gasteiger partial charge on any atom is 0.252 e. The molecule has 0 aromatic heterocycles. The summed E-state index contributed by atoms with van der Waals surface area (Å²) in [6, 6.07) is 13.9. The molecule has 3 nitrogen and oxygen atoms in total. The van der Waals surface area contributed by atoms with E-state index >= 15 is 0 Å². The molecule has 2 aromatic carbocycles. The van der Waals surface area contributed by atoms with Gasteiger partial charge in [-0.2, -0.15) is 0 Å². The van der Waals surface area contributed by atoms with Crippen molar-refractivity contribution in [2.45, 2.75) is 32.1 Å². The van der Waals surface area contributed by atoms with E-state index in [1.54, 1.807) is 6.07 Å². The summed E-state index contributed by atoms with van der Waals surface area (Å²) in [6.45, 7) is 6.11. The van der Waals surface area contributed by atoms with E-state index in [1.807, 2.05) is 19.1 Å². The fourth-order valence-electron chi connectivity index (χ4n) is 3.62. The van der Waals surface area contributed by atoms with Crippen LogP contribution in [0.1, 0.15) is 39.9 Å². The SMILES string of the molecule is Cc1ccc(C(=O)NCC2(c3ccccc3C)CCOCC2)c(Cl)c1. The quantitative estimate of drug-likeness (QED) is 0.878. The molecular weight excluding hydrogens is 334 g/mol. The smallest absolute Gasteiger partial charge is 0.252 e. The zero-order chi connectivity index (χ0) is 17.9. The van der Waals surface area contributed by atoms with Crippen molar-refractivity contribution in [3.8, 4) is 0 Å². The van der Waals surface area contributed by atoms with Crippen molar-refractivity contribution >= 4 is 17.5 Å². The standard InChI is InChI=1S/C21H24ClNO2/c1-15-7-8-17(19(22)13-15)20(24)23-14-21(9-11-25-12-10-21)18-6-4-3-5-16(18)2/h3-8,13H,9-12,14H2,1-2H3,(H,23,24). The molecule has 1 amide bonds. The van der Waals surface area contributed by atoms with Gasteiger partial charge in [0.05, 0.1) is 10.6 Å². The zero-order valence-corrected chi connectivity index (χ0v) is 15.5. The Labute approximate surface area is 154 Å². The minimum atomic E-state index is -0.121. The summed E-state index contributed by atoms with van der Waals surface area (Å²) in [7, 11) is 0. The largest absolute Gasteiger partial charge is 0.381 e. The van der Waals surface area contributed by atoms with Crippen LogP contribution in [0.2, 0.25) is 5.02 Å². The predicted octanol–water partition coefficient (Wildman–Crippen LogP) is 4.44. The van der Waals surface area contributed by atoms with E-state index < -0.39 is 0 Å². The zero-order valence-electron chi connectivity index (χ0n) is 14.8. The molecule has 4 heteroatoms. The van der Waals surface area contributed by atoms with Crippen LogP contribution in [0, 0.1) is 13.8 Å². The second-order valence-electron chi connectivity index (χ2n) is 6.87. The van der Waals surface area contributed by atoms with Crippen LogP contribution in [0.5, 0.6) is 0 Å². The fraction of sp³-hybridized carbons (Fsp3) is 0.381. The van der Waals surface area contributed by atoms with Gasteiger partial charge in [0.15, 0.2) is 0 Å². The molecule has 0 atom stereocenters. The third-order valence-electron chi connectivity index (χ3n) is 5.12. The Balaban J connectivity index is 1.82. The van der Waals surface area contributed by atoms with Crippen LogP contribution in [0.25, 0.3) is 0 Å². The van der Waals surface area contributed by atoms with E-state index in [0.717, 1.165) is 31.6 Å². The summed E-state index contributed by atoms with van der Waals surface area (Å²) in [5.41, 5.74) is 4.04. The number of nitrogens with one attached hydrogen (secondary N) is 1. The lowest BCUT2D eigenvalue weighted by atomic mass is 9.72. The van der Waals surface area contributed by atoms with E-state index in [1.165, 1.54) is 11.1 Å². The summed E-state index contributed by atoms with van der Waals surface area (Å²) in [4.78, 5) is 12.7. The van der Waals surface area contributed by atoms with Crippen LogP contribution in [0.4, 0.5) is 0 Å². The van der Waals surface area contributed by atoms with Crippen molar-refractivity contribution < 1.29 is 9.53 Å². The Hall–Kier alpha value is -1.84. The number of hydrogen-bond donors (Lipinski definition) is 1. The van der Waals surface area contributed by atoms with Crippen molar-refractivity contribution in [1.29, 1.82) is 0 Å². The van der Waals surface area contributed by atoms with Gasteiger partial charge in [0, 0.05) is 25.2 Å². The van der Waals surface area contributed by atoms with Gasteiger partial charge >= 0.3 is 0 Å². The monoisotopic (exact) mass is 357 g/mol. The number of benzene rings is 2. The molecule has 0 unspecified atom stereocenters. The van der Waals surface area contributed by atoms with Gasteiger partial charge in [0.1, 0.15) is 0 Å². The van der Waals surface area contributed by atoms with Crippen LogP contribution in [-0.2, 0) is 10.2 Å². The average Bonchev–Trinajstić information content (AvgIpc) is 2.61. The summed E-state index contributed by atoms with van der Waals surface area (Å²) in [5.74, 6) is -0.121.